The van der Waals surface area contributed by atoms with Crippen LogP contribution in [0.4, 0.5) is 16.9 Å². The Hall–Kier alpha value is -3.97. The van der Waals surface area contributed by atoms with Crippen molar-refractivity contribution in [3.05, 3.63) is 40.7 Å². The molecule has 200 valence electrons. The maximum atomic E-state index is 12.3. The van der Waals surface area contributed by atoms with Crippen molar-refractivity contribution in [3.63, 3.8) is 0 Å². The highest BCUT2D eigenvalue weighted by atomic mass is 32.1. The highest BCUT2D eigenvalue weighted by Crippen LogP contribution is 2.31. The number of rotatable bonds is 9. The van der Waals surface area contributed by atoms with Crippen molar-refractivity contribution >= 4 is 45.4 Å². The van der Waals surface area contributed by atoms with Crippen LogP contribution in [0.1, 0.15) is 27.9 Å². The molecule has 12 nitrogen and oxygen atoms in total. The zero-order valence-corrected chi connectivity index (χ0v) is 22.5. The minimum Gasteiger partial charge on any atom is -0.493 e. The first-order valence-electron chi connectivity index (χ1n) is 12.2. The predicted molar refractivity (Wildman–Crippen MR) is 143 cm³/mol. The number of hydrogen-bond acceptors (Lipinski definition) is 12. The molecule has 0 amide bonds. The Labute approximate surface area is 223 Å². The first-order chi connectivity index (χ1) is 18.5. The van der Waals surface area contributed by atoms with Crippen molar-refractivity contribution in [3.8, 4) is 11.5 Å². The van der Waals surface area contributed by atoms with Gasteiger partial charge in [0.05, 0.1) is 52.6 Å². The van der Waals surface area contributed by atoms with Crippen LogP contribution in [0.15, 0.2) is 24.5 Å². The molecule has 0 atom stereocenters. The molecule has 0 radical (unpaired) electrons. The summed E-state index contributed by atoms with van der Waals surface area (Å²) in [5.74, 6) is 1.99. The molecular weight excluding hydrogens is 510 g/mol. The molecule has 1 fully saturated rings. The standard InChI is InChI=1S/C25H29N7O5S/c1-5-37-23(33)20-15(2)27-25(38-20)30-24-28-21(31-8-10-36-11-9-31)19-22(29-24)32(14-26-19)13-16-6-7-17(34-3)18(12-16)35-4/h6-7,12,14H,5,8-11,13H2,1-4H3,(H,27,28,29,30). The van der Waals surface area contributed by atoms with E-state index in [2.05, 4.69) is 20.2 Å². The summed E-state index contributed by atoms with van der Waals surface area (Å²) in [5.41, 5.74) is 2.94. The number of aromatic nitrogens is 5. The lowest BCUT2D eigenvalue weighted by Crippen LogP contribution is -2.37. The largest absolute Gasteiger partial charge is 0.493 e. The number of thiazole rings is 1. The number of benzene rings is 1. The fourth-order valence-electron chi connectivity index (χ4n) is 4.20. The smallest absolute Gasteiger partial charge is 0.350 e. The van der Waals surface area contributed by atoms with E-state index in [0.717, 1.165) is 5.56 Å². The van der Waals surface area contributed by atoms with Crippen LogP contribution >= 0.6 is 11.3 Å². The quantitative estimate of drug-likeness (QED) is 0.315. The van der Waals surface area contributed by atoms with Gasteiger partial charge in [-0.05, 0) is 31.5 Å². The zero-order chi connectivity index (χ0) is 26.6. The molecule has 3 aromatic heterocycles. The van der Waals surface area contributed by atoms with Gasteiger partial charge in [0, 0.05) is 13.1 Å². The van der Waals surface area contributed by atoms with Crippen LogP contribution in [0.25, 0.3) is 11.2 Å². The second kappa shape index (κ2) is 11.2. The fraction of sp³-hybridized carbons (Fsp3) is 0.400. The predicted octanol–water partition coefficient (Wildman–Crippen LogP) is 3.41. The number of hydrogen-bond donors (Lipinski definition) is 1. The Morgan fingerprint density at radius 2 is 1.92 bits per heavy atom. The molecule has 1 aliphatic heterocycles. The Bertz CT molecular complexity index is 1450. The molecule has 1 N–H and O–H groups in total. The fourth-order valence-corrected chi connectivity index (χ4v) is 5.06. The van der Waals surface area contributed by atoms with Crippen LogP contribution in [-0.2, 0) is 16.0 Å². The molecule has 4 aromatic rings. The number of anilines is 3. The Morgan fingerprint density at radius 3 is 2.66 bits per heavy atom. The second-order valence-electron chi connectivity index (χ2n) is 8.48. The molecule has 1 saturated heterocycles. The van der Waals surface area contributed by atoms with Gasteiger partial charge in [0.15, 0.2) is 33.6 Å². The van der Waals surface area contributed by atoms with E-state index in [1.165, 1.54) is 11.3 Å². The zero-order valence-electron chi connectivity index (χ0n) is 21.7. The van der Waals surface area contributed by atoms with E-state index in [-0.39, 0.29) is 0 Å². The van der Waals surface area contributed by atoms with Crippen LogP contribution in [0.3, 0.4) is 0 Å². The number of carbonyl (C=O) groups is 1. The summed E-state index contributed by atoms with van der Waals surface area (Å²) in [5, 5.41) is 3.69. The van der Waals surface area contributed by atoms with Gasteiger partial charge >= 0.3 is 5.97 Å². The Morgan fingerprint density at radius 1 is 1.13 bits per heavy atom. The van der Waals surface area contributed by atoms with Gasteiger partial charge in [-0.15, -0.1) is 0 Å². The summed E-state index contributed by atoms with van der Waals surface area (Å²) >= 11 is 1.21. The molecular formula is C25H29N7O5S. The first kappa shape index (κ1) is 25.7. The van der Waals surface area contributed by atoms with Crippen molar-refractivity contribution in [1.82, 2.24) is 24.5 Å². The molecule has 4 heterocycles. The number of methoxy groups -OCH3 is 2. The summed E-state index contributed by atoms with van der Waals surface area (Å²) in [4.78, 5) is 33.6. The summed E-state index contributed by atoms with van der Waals surface area (Å²) in [6, 6.07) is 5.79. The van der Waals surface area contributed by atoms with Gasteiger partial charge in [-0.2, -0.15) is 9.97 Å². The molecule has 1 aliphatic rings. The average molecular weight is 540 g/mol. The number of nitrogens with one attached hydrogen (secondary N) is 1. The van der Waals surface area contributed by atoms with Crippen molar-refractivity contribution in [2.75, 3.05) is 57.3 Å². The third-order valence-electron chi connectivity index (χ3n) is 6.03. The minimum absolute atomic E-state index is 0.297. The maximum absolute atomic E-state index is 12.3. The van der Waals surface area contributed by atoms with E-state index in [9.17, 15) is 4.79 Å². The highest BCUT2D eigenvalue weighted by molar-refractivity contribution is 7.17. The van der Waals surface area contributed by atoms with Gasteiger partial charge in [-0.3, -0.25) is 5.32 Å². The van der Waals surface area contributed by atoms with E-state index in [0.29, 0.717) is 89.6 Å². The third-order valence-corrected chi connectivity index (χ3v) is 7.09. The molecule has 1 aromatic carbocycles. The molecule has 38 heavy (non-hydrogen) atoms. The summed E-state index contributed by atoms with van der Waals surface area (Å²) in [7, 11) is 3.22. The minimum atomic E-state index is -0.395. The lowest BCUT2D eigenvalue weighted by molar-refractivity contribution is 0.0531. The second-order valence-corrected chi connectivity index (χ2v) is 9.48. The van der Waals surface area contributed by atoms with Crippen LogP contribution in [0.2, 0.25) is 0 Å². The number of aryl methyl sites for hydroxylation is 1. The number of carbonyl (C=O) groups excluding carboxylic acids is 1. The van der Waals surface area contributed by atoms with Gasteiger partial charge in [-0.1, -0.05) is 17.4 Å². The van der Waals surface area contributed by atoms with Crippen molar-refractivity contribution < 1.29 is 23.7 Å². The van der Waals surface area contributed by atoms with E-state index in [1.807, 2.05) is 22.8 Å². The van der Waals surface area contributed by atoms with E-state index < -0.39 is 5.97 Å². The van der Waals surface area contributed by atoms with Crippen LogP contribution in [0.5, 0.6) is 11.5 Å². The first-order valence-corrected chi connectivity index (χ1v) is 13.0. The number of nitrogens with zero attached hydrogens (tertiary/aromatic N) is 6. The normalized spacial score (nSPS) is 13.5. The van der Waals surface area contributed by atoms with E-state index in [1.54, 1.807) is 34.4 Å². The average Bonchev–Trinajstić information content (AvgIpc) is 3.51. The summed E-state index contributed by atoms with van der Waals surface area (Å²) in [6.07, 6.45) is 1.76. The molecule has 5 rings (SSSR count). The molecule has 0 aliphatic carbocycles. The summed E-state index contributed by atoms with van der Waals surface area (Å²) < 4.78 is 23.5. The Kier molecular flexibility index (Phi) is 7.56. The molecule has 13 heteroatoms. The van der Waals surface area contributed by atoms with Gasteiger partial charge < -0.3 is 28.4 Å². The van der Waals surface area contributed by atoms with Gasteiger partial charge in [0.1, 0.15) is 4.88 Å². The van der Waals surface area contributed by atoms with Crippen LogP contribution < -0.4 is 19.7 Å². The van der Waals surface area contributed by atoms with E-state index >= 15 is 0 Å². The molecule has 0 unspecified atom stereocenters. The number of ether oxygens (including phenoxy) is 4. The number of fused-ring (bicyclic) bond motifs is 1. The number of imidazole rings is 1. The lowest BCUT2D eigenvalue weighted by Gasteiger charge is -2.28. The van der Waals surface area contributed by atoms with Crippen molar-refractivity contribution in [2.45, 2.75) is 20.4 Å². The third kappa shape index (κ3) is 5.20. The topological polar surface area (TPSA) is 126 Å². The summed E-state index contributed by atoms with van der Waals surface area (Å²) in [6.45, 7) is 6.95. The van der Waals surface area contributed by atoms with E-state index in [4.69, 9.17) is 28.9 Å². The van der Waals surface area contributed by atoms with Crippen LogP contribution in [-0.4, -0.2) is 77.6 Å². The number of esters is 1. The van der Waals surface area contributed by atoms with Crippen molar-refractivity contribution in [2.24, 2.45) is 0 Å². The number of morpholine rings is 1. The molecule has 0 saturated carbocycles. The Balaban J connectivity index is 1.52. The maximum Gasteiger partial charge on any atom is 0.350 e. The van der Waals surface area contributed by atoms with Crippen LogP contribution in [0, 0.1) is 6.92 Å². The monoisotopic (exact) mass is 539 g/mol. The van der Waals surface area contributed by atoms with Gasteiger partial charge in [0.2, 0.25) is 5.95 Å². The van der Waals surface area contributed by atoms with Gasteiger partial charge in [-0.25, -0.2) is 14.8 Å². The van der Waals surface area contributed by atoms with Crippen molar-refractivity contribution in [1.29, 1.82) is 0 Å². The lowest BCUT2D eigenvalue weighted by atomic mass is 10.2. The molecule has 0 spiro atoms. The highest BCUT2D eigenvalue weighted by Gasteiger charge is 2.22. The molecule has 0 bridgehead atoms. The van der Waals surface area contributed by atoms with Gasteiger partial charge in [0.25, 0.3) is 0 Å². The SMILES string of the molecule is CCOC(=O)c1sc(Nc2nc(N3CCOCC3)c3ncn(Cc4ccc(OC)c(OC)c4)c3n2)nc1C.